The van der Waals surface area contributed by atoms with Crippen molar-refractivity contribution in [3.05, 3.63) is 0 Å². The zero-order valence-electron chi connectivity index (χ0n) is 40.2. The van der Waals surface area contributed by atoms with Gasteiger partial charge in [0.2, 0.25) is 11.8 Å². The van der Waals surface area contributed by atoms with Crippen LogP contribution in [-0.2, 0) is 47.4 Å². The number of fused-ring (bicyclic) bond motifs is 3. The second-order valence-electron chi connectivity index (χ2n) is 21.2. The summed E-state index contributed by atoms with van der Waals surface area (Å²) < 4.78 is 35.3. The van der Waals surface area contributed by atoms with Crippen molar-refractivity contribution < 1.29 is 77.6 Å². The lowest BCUT2D eigenvalue weighted by molar-refractivity contribution is -0.298. The topological polar surface area (TPSA) is 293 Å². The molecule has 21 heteroatoms. The minimum atomic E-state index is -3.11. The van der Waals surface area contributed by atoms with Crippen LogP contribution >= 0.6 is 8.60 Å². The molecule has 0 saturated carbocycles. The highest BCUT2D eigenvalue weighted by molar-refractivity contribution is 7.39. The van der Waals surface area contributed by atoms with Crippen LogP contribution in [0.2, 0.25) is 0 Å². The number of rotatable bonds is 13. The molecular formula is C44H81N4O16P. The van der Waals surface area contributed by atoms with Crippen molar-refractivity contribution in [2.24, 2.45) is 16.2 Å². The summed E-state index contributed by atoms with van der Waals surface area (Å²) >= 11 is 0. The number of hydrogen-bond donors (Lipinski definition) is 10. The third-order valence-corrected chi connectivity index (χ3v) is 12.5. The van der Waals surface area contributed by atoms with Crippen LogP contribution in [0.15, 0.2) is 0 Å². The molecule has 3 aliphatic heterocycles. The number of carbonyl (C=O) groups is 4. The monoisotopic (exact) mass is 953 g/mol. The molecule has 3 aliphatic rings. The van der Waals surface area contributed by atoms with Gasteiger partial charge < -0.3 is 79.7 Å². The van der Waals surface area contributed by atoms with E-state index in [2.05, 4.69) is 42.0 Å². The summed E-state index contributed by atoms with van der Waals surface area (Å²) in [5, 5.41) is 55.9. The van der Waals surface area contributed by atoms with E-state index in [-0.39, 0.29) is 60.4 Å². The maximum absolute atomic E-state index is 13.7. The summed E-state index contributed by atoms with van der Waals surface area (Å²) in [5.41, 5.74) is -1.03. The van der Waals surface area contributed by atoms with Gasteiger partial charge in [0.25, 0.3) is 0 Å². The van der Waals surface area contributed by atoms with Gasteiger partial charge in [0.05, 0.1) is 19.3 Å². The lowest BCUT2D eigenvalue weighted by atomic mass is 9.74. The normalized spacial score (nSPS) is 31.8. The van der Waals surface area contributed by atoms with Gasteiger partial charge in [0.1, 0.15) is 36.5 Å². The third-order valence-electron chi connectivity index (χ3n) is 12.0. The van der Waals surface area contributed by atoms with E-state index in [4.69, 9.17) is 28.2 Å². The molecule has 3 heterocycles. The molecule has 0 radical (unpaired) electrons. The fourth-order valence-electron chi connectivity index (χ4n) is 8.50. The highest BCUT2D eigenvalue weighted by atomic mass is 31.2. The van der Waals surface area contributed by atoms with Crippen molar-refractivity contribution in [1.29, 1.82) is 0 Å². The minimum absolute atomic E-state index is 0.0327. The molecule has 10 N–H and O–H groups in total. The Morgan fingerprint density at radius 1 is 0.985 bits per heavy atom. The van der Waals surface area contributed by atoms with Gasteiger partial charge >= 0.3 is 20.5 Å². The molecule has 11 atom stereocenters. The van der Waals surface area contributed by atoms with Gasteiger partial charge in [0.15, 0.2) is 24.8 Å². The van der Waals surface area contributed by atoms with Crippen LogP contribution in [0.1, 0.15) is 133 Å². The molecule has 2 amide bonds. The molecule has 0 aromatic rings. The summed E-state index contributed by atoms with van der Waals surface area (Å²) in [6.07, 6.45) is -10.9. The fraction of sp³-hybridized carbons (Fsp3) is 0.909. The van der Waals surface area contributed by atoms with Crippen molar-refractivity contribution in [2.75, 3.05) is 32.8 Å². The molecule has 0 aromatic carbocycles. The van der Waals surface area contributed by atoms with Gasteiger partial charge in [-0.1, -0.05) is 55.4 Å². The van der Waals surface area contributed by atoms with Crippen molar-refractivity contribution in [3.8, 4) is 0 Å². The molecule has 378 valence electrons. The molecule has 65 heavy (non-hydrogen) atoms. The highest BCUT2D eigenvalue weighted by Gasteiger charge is 2.53. The first-order valence-corrected chi connectivity index (χ1v) is 24.2. The summed E-state index contributed by atoms with van der Waals surface area (Å²) in [4.78, 5) is 74.1. The predicted molar refractivity (Wildman–Crippen MR) is 238 cm³/mol. The number of amides is 2. The SMILES string of the molecule is CCC(O)CCC(=O)NC1C(O)OC2COC3OC(CO)C(OP(O)O)C(OC(=O)CCC(C)(C)CC(C)(C)C)C3NC(=O)CCNCCC(C)(C)NCC(C)(C)CCC(=O)OC1C2O. The van der Waals surface area contributed by atoms with Crippen LogP contribution in [0.25, 0.3) is 0 Å². The molecule has 0 spiro atoms. The van der Waals surface area contributed by atoms with Crippen LogP contribution in [0.4, 0.5) is 0 Å². The van der Waals surface area contributed by atoms with Gasteiger partial charge in [-0.05, 0) is 75.2 Å². The second kappa shape index (κ2) is 25.4. The van der Waals surface area contributed by atoms with E-state index >= 15 is 0 Å². The Labute approximate surface area is 385 Å². The molecule has 11 unspecified atom stereocenters. The van der Waals surface area contributed by atoms with Crippen molar-refractivity contribution in [1.82, 2.24) is 21.3 Å². The average Bonchev–Trinajstić information content (AvgIpc) is 3.19. The maximum atomic E-state index is 13.7. The summed E-state index contributed by atoms with van der Waals surface area (Å²) in [6.45, 7) is 20.1. The standard InChI is InChI=1S/C44H81N4O16P/c1-11-26(50)12-13-29(51)47-33-37-35(55)28(60-39(33)56)23-59-40-34(48-30(52)16-20-45-21-19-44(9,10)46-25-43(7,8)18-15-31(53)62-37)38(36(64-65(57)58)27(22-49)61-40)63-32(54)14-17-42(5,6)24-41(2,3)4/h26-28,33-40,45-46,49-50,55-58H,11-25H2,1-10H3,(H,47,51)(H,48,52). The van der Waals surface area contributed by atoms with Gasteiger partial charge in [-0.2, -0.15) is 0 Å². The summed E-state index contributed by atoms with van der Waals surface area (Å²) in [6, 6.07) is -2.85. The predicted octanol–water partition coefficient (Wildman–Crippen LogP) is 1.54. The summed E-state index contributed by atoms with van der Waals surface area (Å²) in [5.74, 6) is -2.55. The van der Waals surface area contributed by atoms with Crippen LogP contribution in [0, 0.1) is 16.2 Å². The van der Waals surface area contributed by atoms with E-state index in [1.54, 1.807) is 6.92 Å². The Kier molecular flexibility index (Phi) is 22.4. The van der Waals surface area contributed by atoms with Gasteiger partial charge in [-0.25, -0.2) is 0 Å². The Morgan fingerprint density at radius 3 is 2.31 bits per heavy atom. The molecule has 20 nitrogen and oxygen atoms in total. The lowest BCUT2D eigenvalue weighted by Gasteiger charge is -2.46. The first-order valence-electron chi connectivity index (χ1n) is 23.0. The number of esters is 2. The van der Waals surface area contributed by atoms with Gasteiger partial charge in [-0.3, -0.25) is 19.2 Å². The molecule has 3 fully saturated rings. The van der Waals surface area contributed by atoms with E-state index in [1.165, 1.54) is 0 Å². The number of hydrogen-bond acceptors (Lipinski definition) is 18. The lowest BCUT2D eigenvalue weighted by Crippen LogP contribution is -2.67. The van der Waals surface area contributed by atoms with E-state index in [0.29, 0.717) is 38.8 Å². The quantitative estimate of drug-likeness (QED) is 0.0925. The summed E-state index contributed by atoms with van der Waals surface area (Å²) in [7, 11) is -3.11. The zero-order valence-corrected chi connectivity index (χ0v) is 41.1. The van der Waals surface area contributed by atoms with E-state index < -0.39 is 113 Å². The number of ether oxygens (including phenoxy) is 5. The van der Waals surface area contributed by atoms with Gasteiger partial charge in [0, 0.05) is 44.3 Å². The van der Waals surface area contributed by atoms with E-state index in [9.17, 15) is 49.4 Å². The number of nitrogens with one attached hydrogen (secondary N) is 4. The van der Waals surface area contributed by atoms with Crippen LogP contribution in [0.3, 0.4) is 0 Å². The smallest absolute Gasteiger partial charge is 0.327 e. The van der Waals surface area contributed by atoms with Crippen molar-refractivity contribution in [2.45, 2.75) is 206 Å². The van der Waals surface area contributed by atoms with Crippen molar-refractivity contribution >= 4 is 32.4 Å². The fourth-order valence-corrected chi connectivity index (χ4v) is 8.98. The molecule has 2 bridgehead atoms. The Hall–Kier alpha value is -2.17. The molecule has 0 aliphatic carbocycles. The molecule has 0 aromatic heterocycles. The van der Waals surface area contributed by atoms with Crippen molar-refractivity contribution in [3.63, 3.8) is 0 Å². The second-order valence-corrected chi connectivity index (χ2v) is 21.9. The third kappa shape index (κ3) is 19.8. The molecule has 3 rings (SSSR count). The van der Waals surface area contributed by atoms with E-state index in [0.717, 1.165) is 6.42 Å². The Bertz CT molecular complexity index is 1520. The first-order chi connectivity index (χ1) is 30.1. The highest BCUT2D eigenvalue weighted by Crippen LogP contribution is 2.39. The largest absolute Gasteiger partial charge is 0.457 e. The Balaban J connectivity index is 2.02. The van der Waals surface area contributed by atoms with Crippen LogP contribution in [0.5, 0.6) is 0 Å². The zero-order chi connectivity index (χ0) is 48.9. The molecular weight excluding hydrogens is 871 g/mol. The number of aliphatic hydroxyl groups is 4. The van der Waals surface area contributed by atoms with Crippen LogP contribution in [-0.4, -0.2) is 160 Å². The minimum Gasteiger partial charge on any atom is -0.457 e. The number of carbonyl (C=O) groups excluding carboxylic acids is 4. The van der Waals surface area contributed by atoms with Crippen LogP contribution < -0.4 is 21.3 Å². The molecule has 3 saturated heterocycles. The first kappa shape index (κ1) is 57.1. The maximum Gasteiger partial charge on any atom is 0.327 e. The number of aliphatic hydroxyl groups excluding tert-OH is 4. The average molecular weight is 953 g/mol. The van der Waals surface area contributed by atoms with E-state index in [1.807, 2.05) is 41.5 Å². The van der Waals surface area contributed by atoms with Gasteiger partial charge in [-0.15, -0.1) is 0 Å². The Morgan fingerprint density at radius 2 is 1.68 bits per heavy atom.